The minimum Gasteiger partial charge on any atom is -0.381 e. The van der Waals surface area contributed by atoms with E-state index in [4.69, 9.17) is 14.5 Å². The molecule has 1 aromatic carbocycles. The molecule has 1 N–H and O–H groups in total. The topological polar surface area (TPSA) is 60.5 Å². The van der Waals surface area contributed by atoms with Gasteiger partial charge in [0.25, 0.3) is 0 Å². The molecule has 7 heteroatoms. The van der Waals surface area contributed by atoms with Gasteiger partial charge in [0.15, 0.2) is 4.34 Å². The van der Waals surface area contributed by atoms with Gasteiger partial charge in [-0.1, -0.05) is 11.8 Å². The van der Waals surface area contributed by atoms with E-state index in [1.54, 1.807) is 37.3 Å². The molecular weight excluding hydrogens is 392 g/mol. The van der Waals surface area contributed by atoms with E-state index in [9.17, 15) is 4.79 Å². The van der Waals surface area contributed by atoms with E-state index in [1.807, 2.05) is 18.2 Å². The Labute approximate surface area is 175 Å². The molecule has 154 valence electrons. The summed E-state index contributed by atoms with van der Waals surface area (Å²) in [5, 5.41) is 3.09. The number of nitrogens with one attached hydrogen (secondary N) is 1. The fourth-order valence-electron chi connectivity index (χ4n) is 3.33. The third-order valence-corrected chi connectivity index (χ3v) is 7.66. The number of ether oxygens (including phenoxy) is 2. The molecular formula is C21H30N2O3S2. The smallest absolute Gasteiger partial charge is 0.227 e. The van der Waals surface area contributed by atoms with Crippen molar-refractivity contribution in [3.05, 3.63) is 18.2 Å². The van der Waals surface area contributed by atoms with Crippen LogP contribution in [-0.2, 0) is 14.3 Å². The first kappa shape index (κ1) is 21.6. The second-order valence-electron chi connectivity index (χ2n) is 7.92. The predicted octanol–water partition coefficient (Wildman–Crippen LogP) is 5.35. The van der Waals surface area contributed by atoms with Gasteiger partial charge >= 0.3 is 0 Å². The van der Waals surface area contributed by atoms with E-state index in [2.05, 4.69) is 19.2 Å². The minimum atomic E-state index is -0.108. The number of hydrogen-bond acceptors (Lipinski definition) is 6. The van der Waals surface area contributed by atoms with Gasteiger partial charge in [0, 0.05) is 31.6 Å². The van der Waals surface area contributed by atoms with Crippen LogP contribution in [0.4, 0.5) is 5.69 Å². The zero-order chi connectivity index (χ0) is 20.1. The van der Waals surface area contributed by atoms with Gasteiger partial charge in [0.1, 0.15) is 0 Å². The maximum absolute atomic E-state index is 12.6. The van der Waals surface area contributed by atoms with Gasteiger partial charge in [0.05, 0.1) is 21.9 Å². The number of nitrogens with zero attached hydrogens (tertiary/aromatic N) is 1. The van der Waals surface area contributed by atoms with Crippen molar-refractivity contribution < 1.29 is 14.3 Å². The van der Waals surface area contributed by atoms with Gasteiger partial charge in [-0.3, -0.25) is 4.79 Å². The maximum atomic E-state index is 12.6. The zero-order valence-corrected chi connectivity index (χ0v) is 18.8. The molecule has 3 rings (SSSR count). The molecule has 1 aliphatic rings. The van der Waals surface area contributed by atoms with Crippen LogP contribution < -0.4 is 5.32 Å². The summed E-state index contributed by atoms with van der Waals surface area (Å²) in [5.41, 5.74) is 1.73. The fraction of sp³-hybridized carbons (Fsp3) is 0.619. The second-order valence-corrected chi connectivity index (χ2v) is 10.3. The van der Waals surface area contributed by atoms with E-state index in [0.717, 1.165) is 58.1 Å². The van der Waals surface area contributed by atoms with Crippen molar-refractivity contribution in [2.75, 3.05) is 25.3 Å². The van der Waals surface area contributed by atoms with Crippen molar-refractivity contribution in [2.45, 2.75) is 62.0 Å². The average molecular weight is 423 g/mol. The van der Waals surface area contributed by atoms with Gasteiger partial charge in [0.2, 0.25) is 5.91 Å². The van der Waals surface area contributed by atoms with Crippen molar-refractivity contribution in [3.63, 3.8) is 0 Å². The summed E-state index contributed by atoms with van der Waals surface area (Å²) in [6, 6.07) is 5.98. The van der Waals surface area contributed by atoms with E-state index in [1.165, 1.54) is 0 Å². The largest absolute Gasteiger partial charge is 0.381 e. The molecule has 0 bridgehead atoms. The molecule has 0 unspecified atom stereocenters. The molecule has 1 amide bonds. The lowest BCUT2D eigenvalue weighted by atomic mass is 9.87. The Morgan fingerprint density at radius 2 is 2.04 bits per heavy atom. The Hall–Kier alpha value is -1.15. The number of carbonyl (C=O) groups excluding carboxylic acids is 1. The summed E-state index contributed by atoms with van der Waals surface area (Å²) < 4.78 is 13.0. The average Bonchev–Trinajstić information content (AvgIpc) is 3.09. The maximum Gasteiger partial charge on any atom is 0.227 e. The first-order valence-electron chi connectivity index (χ1n) is 9.82. The van der Waals surface area contributed by atoms with E-state index < -0.39 is 0 Å². The summed E-state index contributed by atoms with van der Waals surface area (Å²) >= 11 is 3.44. The van der Waals surface area contributed by atoms with Gasteiger partial charge < -0.3 is 14.8 Å². The number of benzene rings is 1. The number of thioether (sulfide) groups is 1. The molecule has 0 aliphatic heterocycles. The highest BCUT2D eigenvalue weighted by Crippen LogP contribution is 2.33. The van der Waals surface area contributed by atoms with E-state index in [0.29, 0.717) is 6.10 Å². The number of fused-ring (bicyclic) bond motifs is 1. The van der Waals surface area contributed by atoms with Crippen molar-refractivity contribution in [3.8, 4) is 0 Å². The third-order valence-electron chi connectivity index (χ3n) is 5.50. The van der Waals surface area contributed by atoms with Crippen LogP contribution in [0.15, 0.2) is 22.5 Å². The summed E-state index contributed by atoms with van der Waals surface area (Å²) in [5.74, 6) is 1.17. The van der Waals surface area contributed by atoms with Crippen LogP contribution in [0.3, 0.4) is 0 Å². The molecule has 0 spiro atoms. The van der Waals surface area contributed by atoms with Crippen molar-refractivity contribution in [2.24, 2.45) is 5.92 Å². The van der Waals surface area contributed by atoms with Gasteiger partial charge in [-0.2, -0.15) is 0 Å². The van der Waals surface area contributed by atoms with Gasteiger partial charge in [-0.25, -0.2) is 4.98 Å². The number of anilines is 1. The molecule has 1 heterocycles. The number of hydrogen-bond donors (Lipinski definition) is 1. The number of rotatable bonds is 8. The third kappa shape index (κ3) is 5.69. The summed E-state index contributed by atoms with van der Waals surface area (Å²) in [4.78, 5) is 17.3. The summed E-state index contributed by atoms with van der Waals surface area (Å²) in [7, 11) is 3.50. The van der Waals surface area contributed by atoms with Crippen molar-refractivity contribution >= 4 is 44.9 Å². The summed E-state index contributed by atoms with van der Waals surface area (Å²) in [6.07, 6.45) is 4.99. The van der Waals surface area contributed by atoms with Crippen LogP contribution in [-0.4, -0.2) is 42.6 Å². The molecule has 0 radical (unpaired) electrons. The number of amides is 1. The quantitative estimate of drug-likeness (QED) is 0.581. The molecule has 5 nitrogen and oxygen atoms in total. The second kappa shape index (κ2) is 9.57. The van der Waals surface area contributed by atoms with Crippen LogP contribution in [0.1, 0.15) is 46.0 Å². The highest BCUT2D eigenvalue weighted by Gasteiger charge is 2.26. The monoisotopic (exact) mass is 422 g/mol. The lowest BCUT2D eigenvalue weighted by Crippen LogP contribution is -2.29. The number of carbonyl (C=O) groups is 1. The van der Waals surface area contributed by atoms with Crippen LogP contribution >= 0.6 is 23.1 Å². The molecule has 1 saturated carbocycles. The van der Waals surface area contributed by atoms with Crippen molar-refractivity contribution in [1.29, 1.82) is 0 Å². The minimum absolute atomic E-state index is 0.0822. The standard InChI is InChI=1S/C21H30N2O3S2/c1-21(2,26-4)11-12-27-20-23-17-10-7-15(13-18(17)28-20)22-19(24)14-5-8-16(25-3)9-6-14/h7,10,13-14,16H,5-6,8-9,11-12H2,1-4H3,(H,22,24). The Bertz CT molecular complexity index is 798. The highest BCUT2D eigenvalue weighted by atomic mass is 32.2. The molecule has 28 heavy (non-hydrogen) atoms. The molecule has 1 aliphatic carbocycles. The number of thiazole rings is 1. The van der Waals surface area contributed by atoms with Gasteiger partial charge in [-0.05, 0) is 64.2 Å². The first-order chi connectivity index (χ1) is 13.4. The van der Waals surface area contributed by atoms with E-state index in [-0.39, 0.29) is 17.4 Å². The molecule has 0 atom stereocenters. The van der Waals surface area contributed by atoms with Crippen LogP contribution in [0.5, 0.6) is 0 Å². The van der Waals surface area contributed by atoms with Crippen molar-refractivity contribution in [1.82, 2.24) is 4.98 Å². The Balaban J connectivity index is 1.57. The molecule has 0 saturated heterocycles. The lowest BCUT2D eigenvalue weighted by Gasteiger charge is -2.26. The van der Waals surface area contributed by atoms with Crippen LogP contribution in [0.25, 0.3) is 10.2 Å². The van der Waals surface area contributed by atoms with Crippen LogP contribution in [0, 0.1) is 5.92 Å². The van der Waals surface area contributed by atoms with Crippen LogP contribution in [0.2, 0.25) is 0 Å². The van der Waals surface area contributed by atoms with E-state index >= 15 is 0 Å². The molecule has 1 aromatic heterocycles. The SMILES string of the molecule is COC1CCC(C(=O)Nc2ccc3nc(SCCC(C)(C)OC)sc3c2)CC1. The Kier molecular flexibility index (Phi) is 7.36. The Morgan fingerprint density at radius 3 is 2.71 bits per heavy atom. The normalized spacial score (nSPS) is 20.4. The summed E-state index contributed by atoms with van der Waals surface area (Å²) in [6.45, 7) is 4.20. The molecule has 1 fully saturated rings. The fourth-order valence-corrected chi connectivity index (χ4v) is 5.76. The Morgan fingerprint density at radius 1 is 1.29 bits per heavy atom. The number of aromatic nitrogens is 1. The molecule has 2 aromatic rings. The first-order valence-corrected chi connectivity index (χ1v) is 11.6. The zero-order valence-electron chi connectivity index (χ0n) is 17.1. The number of methoxy groups -OCH3 is 2. The lowest BCUT2D eigenvalue weighted by molar-refractivity contribution is -0.121. The predicted molar refractivity (Wildman–Crippen MR) is 117 cm³/mol. The highest BCUT2D eigenvalue weighted by molar-refractivity contribution is 8.01. The van der Waals surface area contributed by atoms with Gasteiger partial charge in [-0.15, -0.1) is 11.3 Å².